The van der Waals surface area contributed by atoms with Gasteiger partial charge in [0, 0.05) is 0 Å². The van der Waals surface area contributed by atoms with Crippen molar-refractivity contribution in [1.29, 1.82) is 0 Å². The van der Waals surface area contributed by atoms with Gasteiger partial charge in [-0.2, -0.15) is 0 Å². The van der Waals surface area contributed by atoms with Crippen molar-refractivity contribution in [1.82, 2.24) is 19.6 Å². The SMILES string of the molecule is C1N2CN3CN1CN(C2)C3.O=C(O)c1ccc(O)c(F)c1. The van der Waals surface area contributed by atoms with Crippen LogP contribution in [0.25, 0.3) is 0 Å². The zero-order valence-electron chi connectivity index (χ0n) is 11.4. The van der Waals surface area contributed by atoms with Gasteiger partial charge in [-0.1, -0.05) is 0 Å². The number of carboxylic acid groups (broad SMARTS) is 1. The molecule has 2 N–H and O–H groups in total. The number of hydrogen-bond acceptors (Lipinski definition) is 6. The maximum Gasteiger partial charge on any atom is 0.335 e. The molecule has 8 heteroatoms. The molecule has 4 heterocycles. The molecule has 0 saturated carbocycles. The number of rotatable bonds is 1. The van der Waals surface area contributed by atoms with Gasteiger partial charge in [0.05, 0.1) is 45.6 Å². The summed E-state index contributed by atoms with van der Waals surface area (Å²) in [6.07, 6.45) is 0. The summed E-state index contributed by atoms with van der Waals surface area (Å²) in [5, 5.41) is 17.0. The van der Waals surface area contributed by atoms with E-state index in [1.165, 1.54) is 40.0 Å². The molecule has 5 rings (SSSR count). The van der Waals surface area contributed by atoms with Crippen LogP contribution in [0.5, 0.6) is 5.75 Å². The van der Waals surface area contributed by atoms with Gasteiger partial charge in [-0.15, -0.1) is 0 Å². The van der Waals surface area contributed by atoms with Crippen molar-refractivity contribution >= 4 is 5.97 Å². The lowest BCUT2D eigenvalue weighted by atomic mass is 10.2. The molecule has 0 atom stereocenters. The first-order chi connectivity index (χ1) is 10.0. The van der Waals surface area contributed by atoms with Gasteiger partial charge in [0.25, 0.3) is 0 Å². The standard InChI is InChI=1S/C7H5FO3.C6H12N4/c8-5-3-4(7(10)11)1-2-6(5)9;1-7-2-9-4-8(1)5-10(3-7)6-9/h1-3,9H,(H,10,11);1-6H2. The van der Waals surface area contributed by atoms with E-state index >= 15 is 0 Å². The van der Waals surface area contributed by atoms with Gasteiger partial charge in [-0.05, 0) is 18.2 Å². The fraction of sp³-hybridized carbons (Fsp3) is 0.462. The Labute approximate surface area is 121 Å². The van der Waals surface area contributed by atoms with Gasteiger partial charge in [-0.3, -0.25) is 19.6 Å². The highest BCUT2D eigenvalue weighted by Gasteiger charge is 2.36. The number of aromatic carboxylic acids is 1. The lowest BCUT2D eigenvalue weighted by Crippen LogP contribution is -2.71. The second kappa shape index (κ2) is 5.57. The van der Waals surface area contributed by atoms with Crippen LogP contribution in [0.1, 0.15) is 10.4 Å². The molecule has 7 nitrogen and oxygen atoms in total. The summed E-state index contributed by atoms with van der Waals surface area (Å²) in [5.74, 6) is -2.69. The highest BCUT2D eigenvalue weighted by molar-refractivity contribution is 5.87. The highest BCUT2D eigenvalue weighted by atomic mass is 19.1. The molecule has 0 radical (unpaired) electrons. The topological polar surface area (TPSA) is 70.5 Å². The predicted octanol–water partition coefficient (Wildman–Crippen LogP) is 0.210. The summed E-state index contributed by atoms with van der Waals surface area (Å²) in [7, 11) is 0. The van der Waals surface area contributed by atoms with Crippen LogP contribution in [0.3, 0.4) is 0 Å². The summed E-state index contributed by atoms with van der Waals surface area (Å²) < 4.78 is 12.4. The quantitative estimate of drug-likeness (QED) is 0.767. The lowest BCUT2D eigenvalue weighted by Gasteiger charge is -2.56. The molecule has 4 aliphatic rings. The fourth-order valence-corrected chi connectivity index (χ4v) is 2.87. The molecule has 0 spiro atoms. The van der Waals surface area contributed by atoms with Crippen LogP contribution in [0.4, 0.5) is 4.39 Å². The Morgan fingerprint density at radius 2 is 1.38 bits per heavy atom. The zero-order chi connectivity index (χ0) is 15.0. The Bertz CT molecular complexity index is 498. The first kappa shape index (κ1) is 14.2. The second-order valence-corrected chi connectivity index (χ2v) is 5.50. The average Bonchev–Trinajstić information content (AvgIpc) is 2.41. The monoisotopic (exact) mass is 296 g/mol. The molecule has 4 saturated heterocycles. The molecule has 0 amide bonds. The molecular weight excluding hydrogens is 279 g/mol. The molecular formula is C13H17FN4O3. The van der Waals surface area contributed by atoms with E-state index in [2.05, 4.69) is 19.6 Å². The van der Waals surface area contributed by atoms with Crippen LogP contribution in [0.15, 0.2) is 18.2 Å². The fourth-order valence-electron chi connectivity index (χ4n) is 2.87. The van der Waals surface area contributed by atoms with Crippen LogP contribution >= 0.6 is 0 Å². The molecule has 4 bridgehead atoms. The second-order valence-electron chi connectivity index (χ2n) is 5.50. The van der Waals surface area contributed by atoms with E-state index < -0.39 is 17.5 Å². The van der Waals surface area contributed by atoms with E-state index in [0.717, 1.165) is 18.2 Å². The van der Waals surface area contributed by atoms with E-state index in [-0.39, 0.29) is 5.56 Å². The van der Waals surface area contributed by atoms with Gasteiger partial charge in [0.2, 0.25) is 0 Å². The van der Waals surface area contributed by atoms with E-state index in [4.69, 9.17) is 10.2 Å². The molecule has 1 aromatic carbocycles. The van der Waals surface area contributed by atoms with E-state index in [9.17, 15) is 9.18 Å². The number of benzene rings is 1. The largest absolute Gasteiger partial charge is 0.505 e. The van der Waals surface area contributed by atoms with Crippen LogP contribution in [-0.2, 0) is 0 Å². The Kier molecular flexibility index (Phi) is 3.77. The van der Waals surface area contributed by atoms with Crippen LogP contribution in [0.2, 0.25) is 0 Å². The first-order valence-corrected chi connectivity index (χ1v) is 6.62. The van der Waals surface area contributed by atoms with E-state index in [1.807, 2.05) is 0 Å². The maximum atomic E-state index is 12.4. The number of hydrogen-bond donors (Lipinski definition) is 2. The van der Waals surface area contributed by atoms with Crippen LogP contribution in [-0.4, -0.2) is 75.8 Å². The molecule has 21 heavy (non-hydrogen) atoms. The van der Waals surface area contributed by atoms with Crippen molar-refractivity contribution in [2.75, 3.05) is 40.0 Å². The van der Waals surface area contributed by atoms with Crippen molar-refractivity contribution in [3.8, 4) is 5.75 Å². The van der Waals surface area contributed by atoms with Crippen molar-refractivity contribution in [2.45, 2.75) is 0 Å². The Hall–Kier alpha value is -1.74. The molecule has 4 fully saturated rings. The van der Waals surface area contributed by atoms with Gasteiger partial charge in [-0.25, -0.2) is 9.18 Å². The third-order valence-electron chi connectivity index (χ3n) is 3.59. The highest BCUT2D eigenvalue weighted by Crippen LogP contribution is 2.20. The molecule has 0 unspecified atom stereocenters. The summed E-state index contributed by atoms with van der Waals surface area (Å²) in [4.78, 5) is 20.1. The number of aromatic hydroxyl groups is 1. The van der Waals surface area contributed by atoms with Gasteiger partial charge >= 0.3 is 5.97 Å². The van der Waals surface area contributed by atoms with Crippen LogP contribution in [0, 0.1) is 5.82 Å². The minimum Gasteiger partial charge on any atom is -0.505 e. The minimum atomic E-state index is -1.22. The molecule has 4 aliphatic heterocycles. The Morgan fingerprint density at radius 3 is 1.71 bits per heavy atom. The third kappa shape index (κ3) is 3.13. The summed E-state index contributed by atoms with van der Waals surface area (Å²) in [6.45, 7) is 7.12. The number of halogens is 1. The molecule has 1 aromatic rings. The molecule has 114 valence electrons. The summed E-state index contributed by atoms with van der Waals surface area (Å²) in [5.41, 5.74) is -0.180. The van der Waals surface area contributed by atoms with Crippen molar-refractivity contribution in [3.05, 3.63) is 29.6 Å². The maximum absolute atomic E-state index is 12.4. The zero-order valence-corrected chi connectivity index (χ0v) is 11.4. The van der Waals surface area contributed by atoms with E-state index in [0.29, 0.717) is 0 Å². The predicted molar refractivity (Wildman–Crippen MR) is 71.6 cm³/mol. The van der Waals surface area contributed by atoms with Gasteiger partial charge in [0.1, 0.15) is 0 Å². The third-order valence-corrected chi connectivity index (χ3v) is 3.59. The number of carbonyl (C=O) groups is 1. The molecule has 0 aromatic heterocycles. The average molecular weight is 296 g/mol. The summed E-state index contributed by atoms with van der Waals surface area (Å²) in [6, 6.07) is 2.89. The van der Waals surface area contributed by atoms with E-state index in [1.54, 1.807) is 0 Å². The number of carboxylic acids is 1. The van der Waals surface area contributed by atoms with Gasteiger partial charge in [0.15, 0.2) is 11.6 Å². The van der Waals surface area contributed by atoms with Crippen LogP contribution < -0.4 is 0 Å². The lowest BCUT2D eigenvalue weighted by molar-refractivity contribution is -0.194. The Balaban J connectivity index is 0.000000126. The van der Waals surface area contributed by atoms with Gasteiger partial charge < -0.3 is 10.2 Å². The number of phenols is 1. The number of phenolic OH excluding ortho intramolecular Hbond substituents is 1. The minimum absolute atomic E-state index is 0.180. The Morgan fingerprint density at radius 1 is 0.952 bits per heavy atom. The number of nitrogens with zero attached hydrogens (tertiary/aromatic N) is 4. The summed E-state index contributed by atoms with van der Waals surface area (Å²) >= 11 is 0. The van der Waals surface area contributed by atoms with Crippen molar-refractivity contribution in [3.63, 3.8) is 0 Å². The van der Waals surface area contributed by atoms with Crippen molar-refractivity contribution in [2.24, 2.45) is 0 Å². The normalized spacial score (nSPS) is 32.4. The smallest absolute Gasteiger partial charge is 0.335 e. The first-order valence-electron chi connectivity index (χ1n) is 6.62. The van der Waals surface area contributed by atoms with Crippen molar-refractivity contribution < 1.29 is 19.4 Å². The molecule has 0 aliphatic carbocycles.